The predicted octanol–water partition coefficient (Wildman–Crippen LogP) is 5.34. The molecule has 4 rings (SSSR count). The standard InChI is InChI=1S/C21H13BrO5/c1-12-6-2-3-7-13(12)21(24)27-20-18(23)14-8-4-5-9-15(14)26-19(20)16-10-11-17(22)25-16/h2-11H,1H3. The van der Waals surface area contributed by atoms with Gasteiger partial charge in [-0.15, -0.1) is 0 Å². The van der Waals surface area contributed by atoms with Crippen molar-refractivity contribution in [3.8, 4) is 17.3 Å². The molecule has 134 valence electrons. The molecule has 0 aliphatic heterocycles. The topological polar surface area (TPSA) is 69.7 Å². The highest BCUT2D eigenvalue weighted by molar-refractivity contribution is 9.10. The second-order valence-corrected chi connectivity index (χ2v) is 6.68. The van der Waals surface area contributed by atoms with Crippen molar-refractivity contribution < 1.29 is 18.4 Å². The third kappa shape index (κ3) is 3.19. The van der Waals surface area contributed by atoms with Crippen LogP contribution in [0.5, 0.6) is 5.75 Å². The average molecular weight is 425 g/mol. The number of halogens is 1. The Kier molecular flexibility index (Phi) is 4.41. The number of rotatable bonds is 3. The van der Waals surface area contributed by atoms with E-state index in [1.54, 1.807) is 61.5 Å². The molecule has 27 heavy (non-hydrogen) atoms. The quantitative estimate of drug-likeness (QED) is 0.415. The Bertz CT molecular complexity index is 1220. The summed E-state index contributed by atoms with van der Waals surface area (Å²) in [5.74, 6) is -0.505. The Balaban J connectivity index is 1.90. The van der Waals surface area contributed by atoms with Crippen molar-refractivity contribution in [3.05, 3.63) is 86.7 Å². The number of hydrogen-bond donors (Lipinski definition) is 0. The number of carbonyl (C=O) groups is 1. The number of benzene rings is 2. The lowest BCUT2D eigenvalue weighted by Crippen LogP contribution is -2.17. The lowest BCUT2D eigenvalue weighted by molar-refractivity contribution is 0.0730. The fourth-order valence-corrected chi connectivity index (χ4v) is 3.07. The molecule has 0 saturated heterocycles. The summed E-state index contributed by atoms with van der Waals surface area (Å²) in [6.07, 6.45) is 0. The summed E-state index contributed by atoms with van der Waals surface area (Å²) in [6, 6.07) is 17.0. The van der Waals surface area contributed by atoms with Crippen molar-refractivity contribution in [3.63, 3.8) is 0 Å². The normalized spacial score (nSPS) is 10.9. The van der Waals surface area contributed by atoms with E-state index in [0.717, 1.165) is 5.56 Å². The molecule has 0 atom stereocenters. The van der Waals surface area contributed by atoms with Gasteiger partial charge in [-0.3, -0.25) is 4.79 Å². The molecule has 0 spiro atoms. The summed E-state index contributed by atoms with van der Waals surface area (Å²) in [7, 11) is 0. The van der Waals surface area contributed by atoms with Gasteiger partial charge in [-0.25, -0.2) is 4.79 Å². The summed E-state index contributed by atoms with van der Waals surface area (Å²) >= 11 is 3.23. The molecule has 2 heterocycles. The number of aryl methyl sites for hydroxylation is 1. The van der Waals surface area contributed by atoms with E-state index in [-0.39, 0.29) is 17.3 Å². The Morgan fingerprint density at radius 1 is 0.963 bits per heavy atom. The predicted molar refractivity (Wildman–Crippen MR) is 104 cm³/mol. The molecule has 0 bridgehead atoms. The molecular weight excluding hydrogens is 412 g/mol. The lowest BCUT2D eigenvalue weighted by atomic mass is 10.1. The summed E-state index contributed by atoms with van der Waals surface area (Å²) in [6.45, 7) is 1.80. The van der Waals surface area contributed by atoms with Crippen molar-refractivity contribution in [1.82, 2.24) is 0 Å². The summed E-state index contributed by atoms with van der Waals surface area (Å²) < 4.78 is 17.3. The zero-order valence-electron chi connectivity index (χ0n) is 14.2. The highest BCUT2D eigenvalue weighted by Gasteiger charge is 2.23. The molecule has 2 aromatic heterocycles. The van der Waals surface area contributed by atoms with E-state index in [9.17, 15) is 9.59 Å². The highest BCUT2D eigenvalue weighted by Crippen LogP contribution is 2.33. The third-order valence-corrected chi connectivity index (χ3v) is 4.54. The first-order chi connectivity index (χ1) is 13.0. The maximum atomic E-state index is 13.0. The Morgan fingerprint density at radius 3 is 2.44 bits per heavy atom. The van der Waals surface area contributed by atoms with E-state index in [1.165, 1.54) is 0 Å². The molecule has 4 aromatic rings. The van der Waals surface area contributed by atoms with Crippen LogP contribution in [-0.4, -0.2) is 5.97 Å². The van der Waals surface area contributed by atoms with Crippen LogP contribution in [0.2, 0.25) is 0 Å². The molecular formula is C21H13BrO5. The number of carbonyl (C=O) groups excluding carboxylic acids is 1. The lowest BCUT2D eigenvalue weighted by Gasteiger charge is -2.10. The molecule has 5 nitrogen and oxygen atoms in total. The first-order valence-electron chi connectivity index (χ1n) is 8.14. The smallest absolute Gasteiger partial charge is 0.344 e. The van der Waals surface area contributed by atoms with Gasteiger partial charge in [-0.05, 0) is 58.7 Å². The van der Waals surface area contributed by atoms with Crippen LogP contribution < -0.4 is 10.2 Å². The zero-order chi connectivity index (χ0) is 19.0. The first kappa shape index (κ1) is 17.3. The number of para-hydroxylation sites is 1. The number of esters is 1. The Hall–Kier alpha value is -3.12. The fourth-order valence-electron chi connectivity index (χ4n) is 2.77. The second kappa shape index (κ2) is 6.89. The molecule has 0 saturated carbocycles. The van der Waals surface area contributed by atoms with Gasteiger partial charge in [0.05, 0.1) is 10.9 Å². The Labute approximate surface area is 162 Å². The summed E-state index contributed by atoms with van der Waals surface area (Å²) in [5, 5.41) is 0.319. The molecule has 0 aliphatic rings. The highest BCUT2D eigenvalue weighted by atomic mass is 79.9. The van der Waals surface area contributed by atoms with Crippen LogP contribution in [-0.2, 0) is 0 Å². The maximum absolute atomic E-state index is 13.0. The monoisotopic (exact) mass is 424 g/mol. The minimum atomic E-state index is -0.637. The molecule has 0 radical (unpaired) electrons. The van der Waals surface area contributed by atoms with E-state index in [1.807, 2.05) is 6.07 Å². The Morgan fingerprint density at radius 2 is 1.70 bits per heavy atom. The molecule has 0 aliphatic carbocycles. The molecule has 0 unspecified atom stereocenters. The number of ether oxygens (including phenoxy) is 1. The fraction of sp³-hybridized carbons (Fsp3) is 0.0476. The van der Waals surface area contributed by atoms with Crippen LogP contribution in [0.3, 0.4) is 0 Å². The molecule has 6 heteroatoms. The third-order valence-electron chi connectivity index (χ3n) is 4.11. The second-order valence-electron chi connectivity index (χ2n) is 5.89. The van der Waals surface area contributed by atoms with Crippen molar-refractivity contribution in [2.75, 3.05) is 0 Å². The van der Waals surface area contributed by atoms with Gasteiger partial charge in [-0.2, -0.15) is 0 Å². The van der Waals surface area contributed by atoms with Crippen molar-refractivity contribution in [2.24, 2.45) is 0 Å². The largest absolute Gasteiger partial charge is 0.449 e. The van der Waals surface area contributed by atoms with Gasteiger partial charge >= 0.3 is 5.97 Å². The molecule has 2 aromatic carbocycles. The number of furan rings is 1. The first-order valence-corrected chi connectivity index (χ1v) is 8.93. The van der Waals surface area contributed by atoms with Gasteiger partial charge in [0.2, 0.25) is 16.9 Å². The van der Waals surface area contributed by atoms with Crippen LogP contribution in [0.4, 0.5) is 0 Å². The van der Waals surface area contributed by atoms with E-state index in [0.29, 0.717) is 21.2 Å². The van der Waals surface area contributed by atoms with Crippen molar-refractivity contribution in [1.29, 1.82) is 0 Å². The zero-order valence-corrected chi connectivity index (χ0v) is 15.8. The SMILES string of the molecule is Cc1ccccc1C(=O)Oc1c(-c2ccc(Br)o2)oc2ccccc2c1=O. The van der Waals surface area contributed by atoms with Crippen LogP contribution in [0, 0.1) is 6.92 Å². The average Bonchev–Trinajstić information content (AvgIpc) is 3.10. The van der Waals surface area contributed by atoms with E-state index in [2.05, 4.69) is 15.9 Å². The van der Waals surface area contributed by atoms with Gasteiger partial charge < -0.3 is 13.6 Å². The van der Waals surface area contributed by atoms with Crippen LogP contribution in [0.1, 0.15) is 15.9 Å². The van der Waals surface area contributed by atoms with Gasteiger partial charge in [0.1, 0.15) is 5.58 Å². The summed E-state index contributed by atoms with van der Waals surface area (Å²) in [5.41, 5.74) is 1.05. The molecule has 0 N–H and O–H groups in total. The maximum Gasteiger partial charge on any atom is 0.344 e. The van der Waals surface area contributed by atoms with E-state index in [4.69, 9.17) is 13.6 Å². The van der Waals surface area contributed by atoms with Crippen LogP contribution in [0.15, 0.2) is 79.0 Å². The minimum absolute atomic E-state index is 0.0614. The van der Waals surface area contributed by atoms with Gasteiger partial charge in [-0.1, -0.05) is 30.3 Å². The molecule has 0 amide bonds. The van der Waals surface area contributed by atoms with Crippen LogP contribution in [0.25, 0.3) is 22.5 Å². The molecule has 0 fully saturated rings. The van der Waals surface area contributed by atoms with Crippen molar-refractivity contribution >= 4 is 32.9 Å². The van der Waals surface area contributed by atoms with Gasteiger partial charge in [0.15, 0.2) is 10.4 Å². The minimum Gasteiger partial charge on any atom is -0.449 e. The number of hydrogen-bond acceptors (Lipinski definition) is 5. The van der Waals surface area contributed by atoms with Crippen LogP contribution >= 0.6 is 15.9 Å². The van der Waals surface area contributed by atoms with Gasteiger partial charge in [0, 0.05) is 0 Å². The van der Waals surface area contributed by atoms with E-state index < -0.39 is 11.4 Å². The van der Waals surface area contributed by atoms with Gasteiger partial charge in [0.25, 0.3) is 0 Å². The number of fused-ring (bicyclic) bond motifs is 1. The van der Waals surface area contributed by atoms with E-state index >= 15 is 0 Å². The van der Waals surface area contributed by atoms with Crippen molar-refractivity contribution in [2.45, 2.75) is 6.92 Å². The summed E-state index contributed by atoms with van der Waals surface area (Å²) in [4.78, 5) is 25.7.